The van der Waals surface area contributed by atoms with Gasteiger partial charge in [0.05, 0.1) is 17.6 Å². The molecule has 0 bridgehead atoms. The monoisotopic (exact) mass is 425 g/mol. The molecule has 1 aromatic heterocycles. The maximum Gasteiger partial charge on any atom is 0.243 e. The lowest BCUT2D eigenvalue weighted by molar-refractivity contribution is -0.114. The molecule has 0 radical (unpaired) electrons. The molecule has 8 heteroatoms. The number of fused-ring (bicyclic) bond motifs is 1. The van der Waals surface area contributed by atoms with E-state index in [2.05, 4.69) is 10.3 Å². The van der Waals surface area contributed by atoms with Gasteiger partial charge >= 0.3 is 0 Å². The van der Waals surface area contributed by atoms with Crippen LogP contribution in [0, 0.1) is 0 Å². The van der Waals surface area contributed by atoms with Crippen molar-refractivity contribution < 1.29 is 17.9 Å². The quantitative estimate of drug-likeness (QED) is 0.655. The van der Waals surface area contributed by atoms with Crippen molar-refractivity contribution >= 4 is 32.4 Å². The van der Waals surface area contributed by atoms with Crippen molar-refractivity contribution in [2.45, 2.75) is 31.0 Å². The Balaban J connectivity index is 1.55. The first-order valence-electron chi connectivity index (χ1n) is 9.75. The van der Waals surface area contributed by atoms with Crippen molar-refractivity contribution in [1.82, 2.24) is 9.29 Å². The van der Waals surface area contributed by atoms with Crippen molar-refractivity contribution in [3.63, 3.8) is 0 Å². The number of carbonyl (C=O) groups is 1. The molecule has 1 amide bonds. The van der Waals surface area contributed by atoms with E-state index in [4.69, 9.17) is 4.74 Å². The average molecular weight is 426 g/mol. The standard InChI is InChI=1S/C22H23N3O4S/c1-16(26)24-21-6-7-22(20-5-3-2-4-19(20)21)30(27,28)25-13-10-18(14-25)29-15-17-8-11-23-12-9-17/h2-9,11-12,18H,10,13-15H2,1H3,(H,24,26). The van der Waals surface area contributed by atoms with Crippen LogP contribution >= 0.6 is 0 Å². The number of amides is 1. The molecule has 0 aliphatic carbocycles. The summed E-state index contributed by atoms with van der Waals surface area (Å²) in [5.41, 5.74) is 1.60. The predicted octanol–water partition coefficient (Wildman–Crippen LogP) is 3.17. The van der Waals surface area contributed by atoms with Gasteiger partial charge in [0, 0.05) is 48.9 Å². The highest BCUT2D eigenvalue weighted by Crippen LogP contribution is 2.32. The van der Waals surface area contributed by atoms with Gasteiger partial charge in [-0.15, -0.1) is 0 Å². The minimum Gasteiger partial charge on any atom is -0.372 e. The number of hydrogen-bond acceptors (Lipinski definition) is 5. The Labute approximate surface area is 175 Å². The number of nitrogens with zero attached hydrogens (tertiary/aromatic N) is 2. The molecule has 1 atom stereocenters. The number of ether oxygens (including phenoxy) is 1. The van der Waals surface area contributed by atoms with Gasteiger partial charge in [-0.2, -0.15) is 4.31 Å². The fourth-order valence-electron chi connectivity index (χ4n) is 3.68. The Morgan fingerprint density at radius 1 is 1.13 bits per heavy atom. The van der Waals surface area contributed by atoms with Crippen LogP contribution < -0.4 is 5.32 Å². The number of rotatable bonds is 6. The number of carbonyl (C=O) groups excluding carboxylic acids is 1. The van der Waals surface area contributed by atoms with Crippen LogP contribution in [0.1, 0.15) is 18.9 Å². The van der Waals surface area contributed by atoms with E-state index in [1.807, 2.05) is 24.3 Å². The lowest BCUT2D eigenvalue weighted by atomic mass is 10.1. The number of hydrogen-bond donors (Lipinski definition) is 1. The Morgan fingerprint density at radius 3 is 2.60 bits per heavy atom. The second-order valence-corrected chi connectivity index (χ2v) is 9.18. The SMILES string of the molecule is CC(=O)Nc1ccc(S(=O)(=O)N2CCC(OCc3ccncc3)C2)c2ccccc12. The maximum atomic E-state index is 13.4. The number of aromatic nitrogens is 1. The van der Waals surface area contributed by atoms with Crippen molar-refractivity contribution in [2.24, 2.45) is 0 Å². The van der Waals surface area contributed by atoms with Gasteiger partial charge in [-0.3, -0.25) is 9.78 Å². The molecule has 1 fully saturated rings. The fraction of sp³-hybridized carbons (Fsp3) is 0.273. The first-order valence-corrected chi connectivity index (χ1v) is 11.2. The van der Waals surface area contributed by atoms with Gasteiger partial charge in [0.2, 0.25) is 15.9 Å². The average Bonchev–Trinajstić information content (AvgIpc) is 3.23. The van der Waals surface area contributed by atoms with Crippen LogP contribution in [0.15, 0.2) is 65.8 Å². The first kappa shape index (κ1) is 20.5. The van der Waals surface area contributed by atoms with Gasteiger partial charge in [-0.05, 0) is 36.2 Å². The van der Waals surface area contributed by atoms with Crippen molar-refractivity contribution in [2.75, 3.05) is 18.4 Å². The molecule has 3 aromatic rings. The molecule has 4 rings (SSSR count). The molecular formula is C22H23N3O4S. The van der Waals surface area contributed by atoms with Crippen LogP contribution in [0.5, 0.6) is 0 Å². The van der Waals surface area contributed by atoms with Crippen LogP contribution in [0.25, 0.3) is 10.8 Å². The van der Waals surface area contributed by atoms with Crippen LogP contribution in [-0.2, 0) is 26.2 Å². The molecule has 156 valence electrons. The highest BCUT2D eigenvalue weighted by atomic mass is 32.2. The molecule has 1 aliphatic rings. The fourth-order valence-corrected chi connectivity index (χ4v) is 5.36. The summed E-state index contributed by atoms with van der Waals surface area (Å²) in [6, 6.07) is 14.2. The summed E-state index contributed by atoms with van der Waals surface area (Å²) in [4.78, 5) is 15.7. The summed E-state index contributed by atoms with van der Waals surface area (Å²) in [6.07, 6.45) is 3.91. The highest BCUT2D eigenvalue weighted by Gasteiger charge is 2.34. The number of benzene rings is 2. The molecule has 7 nitrogen and oxygen atoms in total. The molecule has 1 unspecified atom stereocenters. The predicted molar refractivity (Wildman–Crippen MR) is 114 cm³/mol. The Bertz CT molecular complexity index is 1170. The minimum atomic E-state index is -3.70. The summed E-state index contributed by atoms with van der Waals surface area (Å²) in [7, 11) is -3.70. The lowest BCUT2D eigenvalue weighted by Gasteiger charge is -2.19. The van der Waals surface area contributed by atoms with Gasteiger partial charge in [0.1, 0.15) is 0 Å². The van der Waals surface area contributed by atoms with Gasteiger partial charge in [0.25, 0.3) is 0 Å². The van der Waals surface area contributed by atoms with Crippen molar-refractivity contribution in [3.8, 4) is 0 Å². The molecular weight excluding hydrogens is 402 g/mol. The van der Waals surface area contributed by atoms with Crippen molar-refractivity contribution in [1.29, 1.82) is 0 Å². The van der Waals surface area contributed by atoms with Gasteiger partial charge in [0.15, 0.2) is 0 Å². The molecule has 2 aromatic carbocycles. The third-order valence-corrected chi connectivity index (χ3v) is 7.08. The van der Waals surface area contributed by atoms with Gasteiger partial charge in [-0.25, -0.2) is 8.42 Å². The largest absolute Gasteiger partial charge is 0.372 e. The number of sulfonamides is 1. The topological polar surface area (TPSA) is 88.6 Å². The van der Waals surface area contributed by atoms with E-state index in [0.29, 0.717) is 42.6 Å². The van der Waals surface area contributed by atoms with E-state index < -0.39 is 10.0 Å². The molecule has 2 heterocycles. The molecule has 1 aliphatic heterocycles. The molecule has 1 N–H and O–H groups in total. The smallest absolute Gasteiger partial charge is 0.243 e. The van der Waals surface area contributed by atoms with E-state index >= 15 is 0 Å². The van der Waals surface area contributed by atoms with E-state index in [1.165, 1.54) is 11.2 Å². The first-order chi connectivity index (χ1) is 14.4. The molecule has 0 spiro atoms. The zero-order valence-corrected chi connectivity index (χ0v) is 17.4. The second-order valence-electron chi connectivity index (χ2n) is 7.28. The number of pyridine rings is 1. The van der Waals surface area contributed by atoms with Crippen LogP contribution in [0.3, 0.4) is 0 Å². The molecule has 1 saturated heterocycles. The Morgan fingerprint density at radius 2 is 1.87 bits per heavy atom. The molecule has 0 saturated carbocycles. The third kappa shape index (κ3) is 4.21. The van der Waals surface area contributed by atoms with Gasteiger partial charge in [-0.1, -0.05) is 24.3 Å². The van der Waals surface area contributed by atoms with Crippen LogP contribution in [0.2, 0.25) is 0 Å². The lowest BCUT2D eigenvalue weighted by Crippen LogP contribution is -2.30. The highest BCUT2D eigenvalue weighted by molar-refractivity contribution is 7.89. The van der Waals surface area contributed by atoms with E-state index in [9.17, 15) is 13.2 Å². The Kier molecular flexibility index (Phi) is 5.80. The normalized spacial score (nSPS) is 17.3. The van der Waals surface area contributed by atoms with E-state index in [0.717, 1.165) is 5.56 Å². The summed E-state index contributed by atoms with van der Waals surface area (Å²) >= 11 is 0. The minimum absolute atomic E-state index is 0.155. The third-order valence-electron chi connectivity index (χ3n) is 5.16. The maximum absolute atomic E-state index is 13.4. The van der Waals surface area contributed by atoms with Gasteiger partial charge < -0.3 is 10.1 Å². The van der Waals surface area contributed by atoms with E-state index in [-0.39, 0.29) is 16.9 Å². The van der Waals surface area contributed by atoms with Crippen LogP contribution in [-0.4, -0.2) is 42.8 Å². The van der Waals surface area contributed by atoms with Crippen molar-refractivity contribution in [3.05, 3.63) is 66.5 Å². The van der Waals surface area contributed by atoms with Crippen LogP contribution in [0.4, 0.5) is 5.69 Å². The number of anilines is 1. The Hall–Kier alpha value is -2.81. The van der Waals surface area contributed by atoms with E-state index in [1.54, 1.807) is 36.7 Å². The summed E-state index contributed by atoms with van der Waals surface area (Å²) in [5.74, 6) is -0.204. The summed E-state index contributed by atoms with van der Waals surface area (Å²) in [5, 5.41) is 4.04. The molecule has 30 heavy (non-hydrogen) atoms. The zero-order chi connectivity index (χ0) is 21.1. The second kappa shape index (κ2) is 8.51. The number of nitrogens with one attached hydrogen (secondary N) is 1. The summed E-state index contributed by atoms with van der Waals surface area (Å²) < 4.78 is 34.1. The zero-order valence-electron chi connectivity index (χ0n) is 16.6. The summed E-state index contributed by atoms with van der Waals surface area (Å²) in [6.45, 7) is 2.57.